The first-order valence-electron chi connectivity index (χ1n) is 6.46. The summed E-state index contributed by atoms with van der Waals surface area (Å²) < 4.78 is 2.09. The first-order valence-corrected chi connectivity index (χ1v) is 6.46. The molecule has 1 fully saturated rings. The van der Waals surface area contributed by atoms with E-state index in [9.17, 15) is 0 Å². The van der Waals surface area contributed by atoms with Crippen molar-refractivity contribution in [2.75, 3.05) is 5.73 Å². The molecule has 0 atom stereocenters. The van der Waals surface area contributed by atoms with Gasteiger partial charge >= 0.3 is 0 Å². The van der Waals surface area contributed by atoms with Crippen LogP contribution in [0.2, 0.25) is 0 Å². The molecule has 0 bridgehead atoms. The number of aromatic nitrogens is 4. The summed E-state index contributed by atoms with van der Waals surface area (Å²) in [6, 6.07) is 0.497. The molecular formula is C12H19N5. The van der Waals surface area contributed by atoms with Crippen molar-refractivity contribution in [1.82, 2.24) is 20.0 Å². The second-order valence-electron chi connectivity index (χ2n) is 5.01. The molecule has 1 aliphatic rings. The molecule has 0 saturated heterocycles. The van der Waals surface area contributed by atoms with E-state index in [0.29, 0.717) is 11.9 Å². The monoisotopic (exact) mass is 233 g/mol. The van der Waals surface area contributed by atoms with E-state index in [1.807, 2.05) is 6.92 Å². The van der Waals surface area contributed by atoms with Gasteiger partial charge in [0.25, 0.3) is 0 Å². The Kier molecular flexibility index (Phi) is 2.53. The molecule has 0 amide bonds. The molecule has 1 saturated carbocycles. The Labute approximate surface area is 100 Å². The zero-order valence-corrected chi connectivity index (χ0v) is 10.2. The number of hydrogen-bond donors (Lipinski definition) is 2. The van der Waals surface area contributed by atoms with Crippen LogP contribution >= 0.6 is 0 Å². The number of nitrogens with zero attached hydrogens (tertiary/aromatic N) is 3. The second-order valence-corrected chi connectivity index (χ2v) is 5.01. The Balaban J connectivity index is 2.04. The average molecular weight is 233 g/mol. The van der Waals surface area contributed by atoms with E-state index in [1.54, 1.807) is 0 Å². The van der Waals surface area contributed by atoms with Gasteiger partial charge in [0.05, 0.1) is 17.1 Å². The minimum Gasteiger partial charge on any atom is -0.383 e. The number of hydrogen-bond acceptors (Lipinski definition) is 3. The third kappa shape index (κ3) is 1.69. The molecular weight excluding hydrogens is 214 g/mol. The van der Waals surface area contributed by atoms with Crippen molar-refractivity contribution in [2.45, 2.75) is 51.5 Å². The van der Waals surface area contributed by atoms with E-state index >= 15 is 0 Å². The zero-order chi connectivity index (χ0) is 11.8. The molecule has 0 aromatic carbocycles. The van der Waals surface area contributed by atoms with Crippen molar-refractivity contribution >= 4 is 16.9 Å². The van der Waals surface area contributed by atoms with E-state index < -0.39 is 0 Å². The van der Waals surface area contributed by atoms with Crippen LogP contribution in [0.4, 0.5) is 5.82 Å². The van der Waals surface area contributed by atoms with Gasteiger partial charge in [0.1, 0.15) is 5.82 Å². The zero-order valence-electron chi connectivity index (χ0n) is 10.2. The minimum absolute atomic E-state index is 0.497. The Bertz CT molecular complexity index is 516. The summed E-state index contributed by atoms with van der Waals surface area (Å²) in [5.41, 5.74) is 7.78. The van der Waals surface area contributed by atoms with Gasteiger partial charge in [-0.05, 0) is 19.8 Å². The molecule has 1 aliphatic carbocycles. The SMILES string of the molecule is Cc1nn(C2CCCCCC2)c2n[nH]c(N)c12. The third-order valence-electron chi connectivity index (χ3n) is 3.78. The lowest BCUT2D eigenvalue weighted by Gasteiger charge is -2.14. The van der Waals surface area contributed by atoms with Crippen LogP contribution in [0.3, 0.4) is 0 Å². The van der Waals surface area contributed by atoms with Gasteiger partial charge in [0.15, 0.2) is 5.65 Å². The van der Waals surface area contributed by atoms with Crippen LogP contribution < -0.4 is 5.73 Å². The Morgan fingerprint density at radius 3 is 2.65 bits per heavy atom. The Hall–Kier alpha value is -1.52. The predicted octanol–water partition coefficient (Wildman–Crippen LogP) is 2.55. The molecule has 3 rings (SSSR count). The van der Waals surface area contributed by atoms with Gasteiger partial charge in [-0.2, -0.15) is 10.2 Å². The van der Waals surface area contributed by atoms with Gasteiger partial charge in [-0.3, -0.25) is 5.10 Å². The average Bonchev–Trinajstić information content (AvgIpc) is 2.71. The van der Waals surface area contributed by atoms with Crippen molar-refractivity contribution < 1.29 is 0 Å². The fraction of sp³-hybridized carbons (Fsp3) is 0.667. The van der Waals surface area contributed by atoms with Gasteiger partial charge in [0.2, 0.25) is 0 Å². The summed E-state index contributed by atoms with van der Waals surface area (Å²) in [6.07, 6.45) is 7.72. The number of aryl methyl sites for hydroxylation is 1. The molecule has 3 N–H and O–H groups in total. The van der Waals surface area contributed by atoms with Crippen molar-refractivity contribution in [3.8, 4) is 0 Å². The van der Waals surface area contributed by atoms with E-state index in [4.69, 9.17) is 5.73 Å². The van der Waals surface area contributed by atoms with E-state index in [-0.39, 0.29) is 0 Å². The number of nitrogens with two attached hydrogens (primary N) is 1. The molecule has 2 heterocycles. The second kappa shape index (κ2) is 4.05. The molecule has 0 spiro atoms. The molecule has 5 heteroatoms. The first-order chi connectivity index (χ1) is 8.27. The number of rotatable bonds is 1. The molecule has 2 aromatic rings. The molecule has 2 aromatic heterocycles. The fourth-order valence-corrected chi connectivity index (χ4v) is 2.88. The van der Waals surface area contributed by atoms with Crippen LogP contribution in [-0.2, 0) is 0 Å². The van der Waals surface area contributed by atoms with Crippen LogP contribution in [-0.4, -0.2) is 20.0 Å². The van der Waals surface area contributed by atoms with Crippen LogP contribution in [0, 0.1) is 6.92 Å². The highest BCUT2D eigenvalue weighted by Crippen LogP contribution is 2.31. The Morgan fingerprint density at radius 1 is 1.24 bits per heavy atom. The lowest BCUT2D eigenvalue weighted by atomic mass is 10.1. The normalized spacial score (nSPS) is 18.6. The highest BCUT2D eigenvalue weighted by molar-refractivity contribution is 5.88. The highest BCUT2D eigenvalue weighted by Gasteiger charge is 2.21. The van der Waals surface area contributed by atoms with Gasteiger partial charge in [-0.1, -0.05) is 25.7 Å². The third-order valence-corrected chi connectivity index (χ3v) is 3.78. The Morgan fingerprint density at radius 2 is 1.94 bits per heavy atom. The summed E-state index contributed by atoms with van der Waals surface area (Å²) in [4.78, 5) is 0. The van der Waals surface area contributed by atoms with E-state index in [0.717, 1.165) is 16.7 Å². The maximum atomic E-state index is 5.88. The van der Waals surface area contributed by atoms with Crippen LogP contribution in [0.1, 0.15) is 50.3 Å². The van der Waals surface area contributed by atoms with Crippen molar-refractivity contribution in [3.63, 3.8) is 0 Å². The topological polar surface area (TPSA) is 72.5 Å². The maximum absolute atomic E-state index is 5.88. The van der Waals surface area contributed by atoms with Crippen molar-refractivity contribution in [2.24, 2.45) is 0 Å². The lowest BCUT2D eigenvalue weighted by Crippen LogP contribution is -2.10. The number of nitrogens with one attached hydrogen (secondary N) is 1. The van der Waals surface area contributed by atoms with E-state index in [1.165, 1.54) is 38.5 Å². The molecule has 0 aliphatic heterocycles. The van der Waals surface area contributed by atoms with Gasteiger partial charge in [-0.15, -0.1) is 0 Å². The smallest absolute Gasteiger partial charge is 0.182 e. The predicted molar refractivity (Wildman–Crippen MR) is 67.8 cm³/mol. The molecule has 17 heavy (non-hydrogen) atoms. The minimum atomic E-state index is 0.497. The first kappa shape index (κ1) is 10.6. The number of fused-ring (bicyclic) bond motifs is 1. The lowest BCUT2D eigenvalue weighted by molar-refractivity contribution is 0.412. The maximum Gasteiger partial charge on any atom is 0.182 e. The van der Waals surface area contributed by atoms with E-state index in [2.05, 4.69) is 20.0 Å². The number of aromatic amines is 1. The van der Waals surface area contributed by atoms with Crippen molar-refractivity contribution in [3.05, 3.63) is 5.69 Å². The summed E-state index contributed by atoms with van der Waals surface area (Å²) in [7, 11) is 0. The standard InChI is InChI=1S/C12H19N5/c1-8-10-11(13)14-15-12(10)17(16-8)9-6-4-2-3-5-7-9/h9H,2-7H2,1H3,(H3,13,14,15). The quantitative estimate of drug-likeness (QED) is 0.743. The van der Waals surface area contributed by atoms with Gasteiger partial charge < -0.3 is 5.73 Å². The molecule has 92 valence electrons. The number of H-pyrrole nitrogens is 1. The number of nitrogen functional groups attached to an aromatic ring is 1. The van der Waals surface area contributed by atoms with Gasteiger partial charge in [0, 0.05) is 0 Å². The highest BCUT2D eigenvalue weighted by atomic mass is 15.4. The summed E-state index contributed by atoms with van der Waals surface area (Å²) >= 11 is 0. The summed E-state index contributed by atoms with van der Waals surface area (Å²) in [5, 5.41) is 12.8. The van der Waals surface area contributed by atoms with Crippen LogP contribution in [0.5, 0.6) is 0 Å². The molecule has 0 radical (unpaired) electrons. The largest absolute Gasteiger partial charge is 0.383 e. The van der Waals surface area contributed by atoms with Crippen molar-refractivity contribution in [1.29, 1.82) is 0 Å². The number of anilines is 1. The summed E-state index contributed by atoms with van der Waals surface area (Å²) in [5.74, 6) is 0.636. The van der Waals surface area contributed by atoms with Crippen LogP contribution in [0.25, 0.3) is 11.0 Å². The summed E-state index contributed by atoms with van der Waals surface area (Å²) in [6.45, 7) is 2.00. The molecule has 5 nitrogen and oxygen atoms in total. The van der Waals surface area contributed by atoms with Crippen LogP contribution in [0.15, 0.2) is 0 Å². The fourth-order valence-electron chi connectivity index (χ4n) is 2.88. The molecule has 0 unspecified atom stereocenters. The van der Waals surface area contributed by atoms with Gasteiger partial charge in [-0.25, -0.2) is 4.68 Å².